The van der Waals surface area contributed by atoms with Gasteiger partial charge in [0.1, 0.15) is 0 Å². The molecule has 0 aliphatic carbocycles. The summed E-state index contributed by atoms with van der Waals surface area (Å²) in [6.45, 7) is 0. The number of amides is 1. The molecule has 5 N–H and O–H groups in total. The smallest absolute Gasteiger partial charge is 0.248 e. The van der Waals surface area contributed by atoms with Gasteiger partial charge in [0.05, 0.1) is 0 Å². The van der Waals surface area contributed by atoms with E-state index in [1.165, 1.54) is 12.1 Å². The van der Waals surface area contributed by atoms with Crippen LogP contribution in [0.5, 0.6) is 0 Å². The van der Waals surface area contributed by atoms with E-state index in [9.17, 15) is 4.79 Å². The summed E-state index contributed by atoms with van der Waals surface area (Å²) >= 11 is 0. The lowest BCUT2D eigenvalue weighted by Gasteiger charge is -1.98. The lowest BCUT2D eigenvalue weighted by Crippen LogP contribution is -2.14. The zero-order valence-corrected chi connectivity index (χ0v) is 6.77. The second-order valence-electron chi connectivity index (χ2n) is 2.43. The molecule has 0 spiro atoms. The highest BCUT2D eigenvalue weighted by atomic mass is 16.4. The van der Waals surface area contributed by atoms with Crippen molar-refractivity contribution in [3.05, 3.63) is 35.4 Å². The molecule has 0 fully saturated rings. The van der Waals surface area contributed by atoms with Crippen molar-refractivity contribution >= 4 is 11.7 Å². The first-order valence-electron chi connectivity index (χ1n) is 3.53. The molecule has 0 saturated heterocycles. The van der Waals surface area contributed by atoms with Gasteiger partial charge in [-0.05, 0) is 12.1 Å². The summed E-state index contributed by atoms with van der Waals surface area (Å²) in [5.74, 6) is -0.512. The standard InChI is InChI=1S/C8H9N3O2/c9-7(11-13)5-1-3-6(4-2-5)8(10)12/h1-4,13H,(H2,9,11)(H2,10,12). The molecule has 0 radical (unpaired) electrons. The lowest BCUT2D eigenvalue weighted by molar-refractivity contribution is 0.100. The topological polar surface area (TPSA) is 102 Å². The second-order valence-corrected chi connectivity index (χ2v) is 2.43. The van der Waals surface area contributed by atoms with Crippen molar-refractivity contribution < 1.29 is 10.0 Å². The van der Waals surface area contributed by atoms with Gasteiger partial charge in [-0.2, -0.15) is 0 Å². The van der Waals surface area contributed by atoms with Gasteiger partial charge in [0.2, 0.25) is 5.91 Å². The van der Waals surface area contributed by atoms with E-state index in [-0.39, 0.29) is 5.84 Å². The number of benzene rings is 1. The van der Waals surface area contributed by atoms with Crippen LogP contribution in [0.25, 0.3) is 0 Å². The summed E-state index contributed by atoms with van der Waals surface area (Å²) in [5, 5.41) is 11.1. The number of oxime groups is 1. The third-order valence-corrected chi connectivity index (χ3v) is 1.57. The van der Waals surface area contributed by atoms with Crippen LogP contribution >= 0.6 is 0 Å². The molecular weight excluding hydrogens is 170 g/mol. The van der Waals surface area contributed by atoms with Crippen molar-refractivity contribution in [2.45, 2.75) is 0 Å². The number of carbonyl (C=O) groups is 1. The quantitative estimate of drug-likeness (QED) is 0.255. The summed E-state index contributed by atoms with van der Waals surface area (Å²) in [7, 11) is 0. The Hall–Kier alpha value is -2.04. The average Bonchev–Trinajstić information content (AvgIpc) is 2.17. The molecule has 0 atom stereocenters. The number of hydrogen-bond donors (Lipinski definition) is 3. The summed E-state index contributed by atoms with van der Waals surface area (Å²) in [6.07, 6.45) is 0. The fourth-order valence-electron chi connectivity index (χ4n) is 0.863. The van der Waals surface area contributed by atoms with E-state index in [2.05, 4.69) is 5.16 Å². The molecule has 1 amide bonds. The predicted octanol–water partition coefficient (Wildman–Crippen LogP) is -0.120. The number of rotatable bonds is 2. The van der Waals surface area contributed by atoms with Crippen LogP contribution in [-0.2, 0) is 0 Å². The Morgan fingerprint density at radius 3 is 2.00 bits per heavy atom. The Labute approximate surface area is 74.6 Å². The zero-order chi connectivity index (χ0) is 9.84. The summed E-state index contributed by atoms with van der Waals surface area (Å²) < 4.78 is 0. The van der Waals surface area contributed by atoms with E-state index in [1.807, 2.05) is 0 Å². The Morgan fingerprint density at radius 2 is 1.62 bits per heavy atom. The van der Waals surface area contributed by atoms with Crippen LogP contribution in [0.3, 0.4) is 0 Å². The molecule has 1 aromatic rings. The molecule has 0 saturated carbocycles. The molecule has 5 nitrogen and oxygen atoms in total. The maximum atomic E-state index is 10.7. The molecule has 68 valence electrons. The molecule has 5 heteroatoms. The van der Waals surface area contributed by atoms with E-state index in [1.54, 1.807) is 12.1 Å². The minimum atomic E-state index is -0.508. The second kappa shape index (κ2) is 3.57. The number of amidine groups is 1. The molecule has 1 aromatic carbocycles. The van der Waals surface area contributed by atoms with Crippen LogP contribution < -0.4 is 11.5 Å². The number of primary amides is 1. The SMILES string of the molecule is NC(=O)c1ccc(C(N)=NO)cc1. The summed E-state index contributed by atoms with van der Waals surface area (Å²) in [5.41, 5.74) is 11.2. The van der Waals surface area contributed by atoms with E-state index in [0.717, 1.165) is 0 Å². The van der Waals surface area contributed by atoms with E-state index >= 15 is 0 Å². The van der Waals surface area contributed by atoms with Gasteiger partial charge in [-0.15, -0.1) is 0 Å². The number of nitrogens with two attached hydrogens (primary N) is 2. The number of carbonyl (C=O) groups excluding carboxylic acids is 1. The molecular formula is C8H9N3O2. The molecule has 0 bridgehead atoms. The maximum Gasteiger partial charge on any atom is 0.248 e. The monoisotopic (exact) mass is 179 g/mol. The van der Waals surface area contributed by atoms with Crippen LogP contribution in [0.15, 0.2) is 29.4 Å². The van der Waals surface area contributed by atoms with Gasteiger partial charge < -0.3 is 16.7 Å². The lowest BCUT2D eigenvalue weighted by atomic mass is 10.1. The fraction of sp³-hybridized carbons (Fsp3) is 0. The molecule has 0 aliphatic heterocycles. The molecule has 0 heterocycles. The van der Waals surface area contributed by atoms with Crippen molar-refractivity contribution in [2.75, 3.05) is 0 Å². The Kier molecular flexibility index (Phi) is 2.49. The third-order valence-electron chi connectivity index (χ3n) is 1.57. The van der Waals surface area contributed by atoms with Gasteiger partial charge in [-0.25, -0.2) is 0 Å². The normalized spacial score (nSPS) is 11.2. The maximum absolute atomic E-state index is 10.7. The van der Waals surface area contributed by atoms with Crippen molar-refractivity contribution in [2.24, 2.45) is 16.6 Å². The Balaban J connectivity index is 3.00. The zero-order valence-electron chi connectivity index (χ0n) is 6.77. The van der Waals surface area contributed by atoms with E-state index in [4.69, 9.17) is 16.7 Å². The van der Waals surface area contributed by atoms with Crippen LogP contribution in [0.2, 0.25) is 0 Å². The fourth-order valence-corrected chi connectivity index (χ4v) is 0.863. The average molecular weight is 179 g/mol. The highest BCUT2D eigenvalue weighted by Crippen LogP contribution is 2.02. The van der Waals surface area contributed by atoms with Gasteiger partial charge in [-0.1, -0.05) is 17.3 Å². The predicted molar refractivity (Wildman–Crippen MR) is 47.5 cm³/mol. The molecule has 1 rings (SSSR count). The van der Waals surface area contributed by atoms with E-state index in [0.29, 0.717) is 11.1 Å². The van der Waals surface area contributed by atoms with Crippen LogP contribution in [0.1, 0.15) is 15.9 Å². The summed E-state index contributed by atoms with van der Waals surface area (Å²) in [4.78, 5) is 10.7. The molecule has 0 aliphatic rings. The van der Waals surface area contributed by atoms with Crippen molar-refractivity contribution in [3.63, 3.8) is 0 Å². The van der Waals surface area contributed by atoms with Gasteiger partial charge in [-0.3, -0.25) is 4.79 Å². The first kappa shape index (κ1) is 9.05. The summed E-state index contributed by atoms with van der Waals surface area (Å²) in [6, 6.07) is 6.12. The minimum absolute atomic E-state index is 0.00368. The Bertz CT molecular complexity index is 343. The van der Waals surface area contributed by atoms with Gasteiger partial charge in [0, 0.05) is 11.1 Å². The first-order chi connectivity index (χ1) is 6.15. The van der Waals surface area contributed by atoms with Crippen molar-refractivity contribution in [1.82, 2.24) is 0 Å². The first-order valence-corrected chi connectivity index (χ1v) is 3.53. The third kappa shape index (κ3) is 1.96. The number of nitrogens with zero attached hydrogens (tertiary/aromatic N) is 1. The molecule has 0 aromatic heterocycles. The van der Waals surface area contributed by atoms with Gasteiger partial charge in [0.15, 0.2) is 5.84 Å². The van der Waals surface area contributed by atoms with Gasteiger partial charge >= 0.3 is 0 Å². The number of hydrogen-bond acceptors (Lipinski definition) is 3. The van der Waals surface area contributed by atoms with Crippen LogP contribution in [-0.4, -0.2) is 17.0 Å². The van der Waals surface area contributed by atoms with Crippen molar-refractivity contribution in [1.29, 1.82) is 0 Å². The molecule has 13 heavy (non-hydrogen) atoms. The highest BCUT2D eigenvalue weighted by Gasteiger charge is 2.01. The molecule has 0 unspecified atom stereocenters. The Morgan fingerprint density at radius 1 is 1.15 bits per heavy atom. The van der Waals surface area contributed by atoms with Crippen molar-refractivity contribution in [3.8, 4) is 0 Å². The van der Waals surface area contributed by atoms with Crippen LogP contribution in [0, 0.1) is 0 Å². The largest absolute Gasteiger partial charge is 0.409 e. The highest BCUT2D eigenvalue weighted by molar-refractivity contribution is 5.98. The van der Waals surface area contributed by atoms with Gasteiger partial charge in [0.25, 0.3) is 0 Å². The van der Waals surface area contributed by atoms with E-state index < -0.39 is 5.91 Å². The minimum Gasteiger partial charge on any atom is -0.409 e. The van der Waals surface area contributed by atoms with Crippen LogP contribution in [0.4, 0.5) is 0 Å².